The third-order valence-electron chi connectivity index (χ3n) is 3.87. The fraction of sp³-hybridized carbons (Fsp3) is 0.538. The van der Waals surface area contributed by atoms with E-state index in [1.54, 1.807) is 6.07 Å². The maximum absolute atomic E-state index is 11.3. The molecule has 0 radical (unpaired) electrons. The fourth-order valence-corrected chi connectivity index (χ4v) is 2.71. The van der Waals surface area contributed by atoms with Gasteiger partial charge in [-0.05, 0) is 13.0 Å². The molecule has 0 aliphatic carbocycles. The third-order valence-corrected chi connectivity index (χ3v) is 3.87. The van der Waals surface area contributed by atoms with Gasteiger partial charge in [0.25, 0.3) is 5.69 Å². The molecule has 0 spiro atoms. The van der Waals surface area contributed by atoms with Crippen molar-refractivity contribution in [3.8, 4) is 11.5 Å². The van der Waals surface area contributed by atoms with Crippen molar-refractivity contribution >= 4 is 30.5 Å². The quantitative estimate of drug-likeness (QED) is 0.663. The number of nitro benzene ring substituents is 1. The minimum absolute atomic E-state index is 0. The van der Waals surface area contributed by atoms with E-state index in [0.29, 0.717) is 17.1 Å². The van der Waals surface area contributed by atoms with Crippen LogP contribution in [0, 0.1) is 10.1 Å². The lowest BCUT2D eigenvalue weighted by Crippen LogP contribution is -2.44. The largest absolute Gasteiger partial charge is 0.454 e. The van der Waals surface area contributed by atoms with Crippen LogP contribution in [-0.4, -0.2) is 42.8 Å². The van der Waals surface area contributed by atoms with Gasteiger partial charge in [0.2, 0.25) is 6.79 Å². The van der Waals surface area contributed by atoms with E-state index in [1.807, 2.05) is 6.92 Å². The van der Waals surface area contributed by atoms with E-state index in [1.165, 1.54) is 6.07 Å². The zero-order chi connectivity index (χ0) is 14.1. The average Bonchev–Trinajstić information content (AvgIpc) is 2.93. The highest BCUT2D eigenvalue weighted by Crippen LogP contribution is 2.41. The van der Waals surface area contributed by atoms with Crippen molar-refractivity contribution in [2.45, 2.75) is 13.0 Å². The molecule has 1 fully saturated rings. The van der Waals surface area contributed by atoms with Gasteiger partial charge in [0.1, 0.15) is 0 Å². The molecule has 2 heterocycles. The summed E-state index contributed by atoms with van der Waals surface area (Å²) in [5.41, 5.74) is 0.779. The van der Waals surface area contributed by atoms with Crippen LogP contribution >= 0.6 is 24.8 Å². The topological polar surface area (TPSA) is 76.9 Å². The van der Waals surface area contributed by atoms with Crippen LogP contribution in [0.15, 0.2) is 12.1 Å². The molecule has 22 heavy (non-hydrogen) atoms. The van der Waals surface area contributed by atoms with Crippen LogP contribution in [0.4, 0.5) is 5.69 Å². The van der Waals surface area contributed by atoms with Gasteiger partial charge in [0, 0.05) is 32.2 Å². The highest BCUT2D eigenvalue weighted by atomic mass is 35.5. The second-order valence-electron chi connectivity index (χ2n) is 4.98. The van der Waals surface area contributed by atoms with Crippen molar-refractivity contribution in [3.05, 3.63) is 27.8 Å². The van der Waals surface area contributed by atoms with Crippen LogP contribution in [0.5, 0.6) is 11.5 Å². The summed E-state index contributed by atoms with van der Waals surface area (Å²) in [4.78, 5) is 13.2. The van der Waals surface area contributed by atoms with Gasteiger partial charge in [-0.25, -0.2) is 0 Å². The molecular weight excluding hydrogens is 333 g/mol. The summed E-state index contributed by atoms with van der Waals surface area (Å²) >= 11 is 0. The van der Waals surface area contributed by atoms with Crippen molar-refractivity contribution in [3.63, 3.8) is 0 Å². The van der Waals surface area contributed by atoms with Crippen LogP contribution in [0.3, 0.4) is 0 Å². The third kappa shape index (κ3) is 3.55. The highest BCUT2D eigenvalue weighted by Gasteiger charge is 2.29. The second-order valence-corrected chi connectivity index (χ2v) is 4.98. The summed E-state index contributed by atoms with van der Waals surface area (Å²) in [7, 11) is 0. The molecule has 2 aliphatic rings. The normalized spacial score (nSPS) is 18.0. The van der Waals surface area contributed by atoms with Crippen molar-refractivity contribution in [1.29, 1.82) is 0 Å². The van der Waals surface area contributed by atoms with E-state index < -0.39 is 0 Å². The predicted octanol–water partition coefficient (Wildman–Crippen LogP) is 2.13. The lowest BCUT2D eigenvalue weighted by Gasteiger charge is -2.32. The standard InChI is InChI=1S/C13H17N3O4.2ClH/c1-9(15-4-2-14-3-5-15)10-6-12-13(20-8-19-12)7-11(10)16(17)18;;/h6-7,9,14H,2-5,8H2,1H3;2*1H/t9-;;/m1../s1. The zero-order valence-electron chi connectivity index (χ0n) is 12.1. The maximum Gasteiger partial charge on any atom is 0.278 e. The van der Waals surface area contributed by atoms with E-state index in [0.717, 1.165) is 26.2 Å². The first kappa shape index (κ1) is 18.8. The summed E-state index contributed by atoms with van der Waals surface area (Å²) in [6.45, 7) is 5.69. The van der Waals surface area contributed by atoms with Gasteiger partial charge in [0.05, 0.1) is 16.6 Å². The molecule has 1 saturated heterocycles. The van der Waals surface area contributed by atoms with E-state index >= 15 is 0 Å². The summed E-state index contributed by atoms with van der Waals surface area (Å²) in [6, 6.07) is 3.19. The van der Waals surface area contributed by atoms with Crippen LogP contribution in [0.25, 0.3) is 0 Å². The Hall–Kier alpha value is -1.28. The Bertz CT molecular complexity index is 538. The van der Waals surface area contributed by atoms with Gasteiger partial charge in [-0.3, -0.25) is 15.0 Å². The van der Waals surface area contributed by atoms with E-state index in [4.69, 9.17) is 9.47 Å². The lowest BCUT2D eigenvalue weighted by molar-refractivity contribution is -0.386. The Morgan fingerprint density at radius 2 is 1.82 bits per heavy atom. The van der Waals surface area contributed by atoms with Crippen molar-refractivity contribution in [1.82, 2.24) is 10.2 Å². The van der Waals surface area contributed by atoms with Crippen molar-refractivity contribution in [2.75, 3.05) is 33.0 Å². The predicted molar refractivity (Wildman–Crippen MR) is 86.6 cm³/mol. The minimum Gasteiger partial charge on any atom is -0.454 e. The molecular formula is C13H19Cl2N3O4. The molecule has 2 aliphatic heterocycles. The first-order valence-electron chi connectivity index (χ1n) is 6.69. The molecule has 0 amide bonds. The van der Waals surface area contributed by atoms with Gasteiger partial charge in [0.15, 0.2) is 11.5 Å². The van der Waals surface area contributed by atoms with Crippen LogP contribution in [0.1, 0.15) is 18.5 Å². The number of hydrogen-bond acceptors (Lipinski definition) is 6. The molecule has 0 bridgehead atoms. The van der Waals surface area contributed by atoms with E-state index in [-0.39, 0.29) is 48.3 Å². The molecule has 1 N–H and O–H groups in total. The van der Waals surface area contributed by atoms with E-state index in [9.17, 15) is 10.1 Å². The molecule has 0 aromatic heterocycles. The number of benzene rings is 1. The Balaban J connectivity index is 0.00000121. The summed E-state index contributed by atoms with van der Waals surface area (Å²) < 4.78 is 10.6. The fourth-order valence-electron chi connectivity index (χ4n) is 2.71. The summed E-state index contributed by atoms with van der Waals surface area (Å²) in [5.74, 6) is 1.04. The Morgan fingerprint density at radius 1 is 1.23 bits per heavy atom. The van der Waals surface area contributed by atoms with Crippen LogP contribution in [0.2, 0.25) is 0 Å². The smallest absolute Gasteiger partial charge is 0.278 e. The van der Waals surface area contributed by atoms with Crippen molar-refractivity contribution in [2.24, 2.45) is 0 Å². The van der Waals surface area contributed by atoms with E-state index in [2.05, 4.69) is 10.2 Å². The Labute approximate surface area is 140 Å². The first-order chi connectivity index (χ1) is 9.66. The molecule has 124 valence electrons. The maximum atomic E-state index is 11.3. The van der Waals surface area contributed by atoms with Crippen LogP contribution < -0.4 is 14.8 Å². The average molecular weight is 352 g/mol. The number of nitrogens with zero attached hydrogens (tertiary/aromatic N) is 2. The van der Waals surface area contributed by atoms with Gasteiger partial charge < -0.3 is 14.8 Å². The van der Waals surface area contributed by atoms with Gasteiger partial charge >= 0.3 is 0 Å². The van der Waals surface area contributed by atoms with Crippen LogP contribution in [-0.2, 0) is 0 Å². The number of fused-ring (bicyclic) bond motifs is 1. The number of hydrogen-bond donors (Lipinski definition) is 1. The molecule has 1 aromatic carbocycles. The minimum atomic E-state index is -0.351. The number of rotatable bonds is 3. The number of piperazine rings is 1. The molecule has 3 rings (SSSR count). The number of ether oxygens (including phenoxy) is 2. The lowest BCUT2D eigenvalue weighted by atomic mass is 10.0. The molecule has 0 saturated carbocycles. The van der Waals surface area contributed by atoms with Gasteiger partial charge in [-0.15, -0.1) is 24.8 Å². The SMILES string of the molecule is C[C@H](c1cc2c(cc1[N+](=O)[O-])OCO2)N1CCNCC1.Cl.Cl. The zero-order valence-corrected chi connectivity index (χ0v) is 13.7. The second kappa shape index (κ2) is 7.82. The number of nitro groups is 1. The number of halogens is 2. The van der Waals surface area contributed by atoms with Crippen molar-refractivity contribution < 1.29 is 14.4 Å². The summed E-state index contributed by atoms with van der Waals surface area (Å²) in [5, 5.41) is 14.6. The molecule has 7 nitrogen and oxygen atoms in total. The van der Waals surface area contributed by atoms with Gasteiger partial charge in [-0.1, -0.05) is 0 Å². The Morgan fingerprint density at radius 3 is 2.41 bits per heavy atom. The molecule has 1 atom stereocenters. The Kier molecular flexibility index (Phi) is 6.67. The monoisotopic (exact) mass is 351 g/mol. The number of nitrogens with one attached hydrogen (secondary N) is 1. The highest BCUT2D eigenvalue weighted by molar-refractivity contribution is 5.85. The molecule has 1 aromatic rings. The molecule has 9 heteroatoms. The summed E-state index contributed by atoms with van der Waals surface area (Å²) in [6.07, 6.45) is 0. The molecule has 0 unspecified atom stereocenters. The first-order valence-corrected chi connectivity index (χ1v) is 6.69. The van der Waals surface area contributed by atoms with Gasteiger partial charge in [-0.2, -0.15) is 0 Å².